The predicted molar refractivity (Wildman–Crippen MR) is 129 cm³/mol. The Hall–Kier alpha value is -3.36. The maximum atomic E-state index is 12.3. The molecule has 0 atom stereocenters. The molecule has 1 N–H and O–H groups in total. The number of nitrogens with one attached hydrogen (secondary N) is 1. The lowest BCUT2D eigenvalue weighted by atomic mass is 10.2. The summed E-state index contributed by atoms with van der Waals surface area (Å²) in [5.74, 6) is 0.901. The van der Waals surface area contributed by atoms with Crippen molar-refractivity contribution < 1.29 is 9.53 Å². The average Bonchev–Trinajstić information content (AvgIpc) is 3.32. The maximum absolute atomic E-state index is 12.3. The molecule has 2 aromatic carbocycles. The van der Waals surface area contributed by atoms with Gasteiger partial charge in [-0.3, -0.25) is 14.3 Å². The minimum atomic E-state index is -0.0895. The highest BCUT2D eigenvalue weighted by atomic mass is 35.5. The van der Waals surface area contributed by atoms with Gasteiger partial charge in [0.25, 0.3) is 0 Å². The van der Waals surface area contributed by atoms with Crippen molar-refractivity contribution in [2.45, 2.75) is 25.2 Å². The van der Waals surface area contributed by atoms with Crippen LogP contribution in [0.5, 0.6) is 5.75 Å². The molecule has 168 valence electrons. The quantitative estimate of drug-likeness (QED) is 0.353. The third kappa shape index (κ3) is 6.34. The number of nitrogens with zero attached hydrogens (tertiary/aromatic N) is 4. The second-order valence-corrected chi connectivity index (χ2v) is 8.63. The molecule has 0 unspecified atom stereocenters. The van der Waals surface area contributed by atoms with E-state index in [1.54, 1.807) is 18.7 Å². The van der Waals surface area contributed by atoms with E-state index in [0.29, 0.717) is 23.3 Å². The van der Waals surface area contributed by atoms with E-state index in [9.17, 15) is 4.79 Å². The first-order valence-electron chi connectivity index (χ1n) is 10.2. The highest BCUT2D eigenvalue weighted by Gasteiger charge is 2.11. The molecule has 9 heteroatoms. The fraction of sp³-hybridized carbons (Fsp3) is 0.167. The molecule has 1 amide bonds. The number of hydrogen-bond donors (Lipinski definition) is 1. The van der Waals surface area contributed by atoms with Gasteiger partial charge in [-0.2, -0.15) is 0 Å². The number of pyridine rings is 1. The first kappa shape index (κ1) is 22.8. The summed E-state index contributed by atoms with van der Waals surface area (Å²) < 4.78 is 7.57. The third-order valence-electron chi connectivity index (χ3n) is 4.82. The summed E-state index contributed by atoms with van der Waals surface area (Å²) in [6.07, 6.45) is 5.12. The molecule has 33 heavy (non-hydrogen) atoms. The Balaban J connectivity index is 1.25. The number of halogens is 1. The SMILES string of the molecule is Cc1ccc(-n2cnnc2SCC(=O)NCc2ccc(OCc3cccnc3)cc2)cc1Cl. The standard InChI is InChI=1S/C24H22ClN5O2S/c1-17-4-7-20(11-22(17)25)30-16-28-29-24(30)33-15-23(31)27-13-18-5-8-21(9-6-18)32-14-19-3-2-10-26-12-19/h2-12,16H,13-15H2,1H3,(H,27,31). The highest BCUT2D eigenvalue weighted by Crippen LogP contribution is 2.23. The van der Waals surface area contributed by atoms with Crippen molar-refractivity contribution in [3.05, 3.63) is 95.0 Å². The van der Waals surface area contributed by atoms with Crippen LogP contribution in [0.15, 0.2) is 78.5 Å². The Bertz CT molecular complexity index is 1220. The lowest BCUT2D eigenvalue weighted by Gasteiger charge is -2.09. The van der Waals surface area contributed by atoms with Crippen LogP contribution in [0.2, 0.25) is 5.02 Å². The van der Waals surface area contributed by atoms with Gasteiger partial charge in [0.2, 0.25) is 5.91 Å². The van der Waals surface area contributed by atoms with Crippen LogP contribution in [-0.2, 0) is 17.9 Å². The van der Waals surface area contributed by atoms with E-state index >= 15 is 0 Å². The first-order valence-corrected chi connectivity index (χ1v) is 11.6. The molecule has 0 fully saturated rings. The molecule has 0 aliphatic heterocycles. The average molecular weight is 480 g/mol. The topological polar surface area (TPSA) is 81.9 Å². The summed E-state index contributed by atoms with van der Waals surface area (Å²) in [6, 6.07) is 17.2. The zero-order valence-electron chi connectivity index (χ0n) is 17.9. The fourth-order valence-corrected chi connectivity index (χ4v) is 3.90. The van der Waals surface area contributed by atoms with Crippen molar-refractivity contribution in [1.29, 1.82) is 0 Å². The molecule has 0 bridgehead atoms. The highest BCUT2D eigenvalue weighted by molar-refractivity contribution is 7.99. The van der Waals surface area contributed by atoms with Crippen LogP contribution in [0, 0.1) is 6.92 Å². The normalized spacial score (nSPS) is 10.7. The maximum Gasteiger partial charge on any atom is 0.230 e. The molecular formula is C24H22ClN5O2S. The number of rotatable bonds is 9. The Morgan fingerprint density at radius 3 is 2.76 bits per heavy atom. The minimum Gasteiger partial charge on any atom is -0.489 e. The van der Waals surface area contributed by atoms with Gasteiger partial charge in [-0.25, -0.2) is 0 Å². The number of ether oxygens (including phenoxy) is 1. The van der Waals surface area contributed by atoms with E-state index in [1.165, 1.54) is 11.8 Å². The molecular weight excluding hydrogens is 458 g/mol. The number of thioether (sulfide) groups is 1. The van der Waals surface area contributed by atoms with Crippen LogP contribution in [-0.4, -0.2) is 31.4 Å². The van der Waals surface area contributed by atoms with Crippen molar-refractivity contribution in [2.75, 3.05) is 5.75 Å². The molecule has 7 nitrogen and oxygen atoms in total. The Labute approximate surface area is 201 Å². The molecule has 4 rings (SSSR count). The van der Waals surface area contributed by atoms with Gasteiger partial charge in [0.05, 0.1) is 11.4 Å². The van der Waals surface area contributed by atoms with Crippen LogP contribution in [0.3, 0.4) is 0 Å². The number of aryl methyl sites for hydroxylation is 1. The van der Waals surface area contributed by atoms with Gasteiger partial charge in [-0.05, 0) is 48.4 Å². The van der Waals surface area contributed by atoms with E-state index in [4.69, 9.17) is 16.3 Å². The summed E-state index contributed by atoms with van der Waals surface area (Å²) in [4.78, 5) is 16.4. The van der Waals surface area contributed by atoms with Crippen molar-refractivity contribution in [3.8, 4) is 11.4 Å². The second-order valence-electron chi connectivity index (χ2n) is 7.28. The van der Waals surface area contributed by atoms with Crippen molar-refractivity contribution in [3.63, 3.8) is 0 Å². The molecule has 0 saturated carbocycles. The fourth-order valence-electron chi connectivity index (χ4n) is 2.97. The van der Waals surface area contributed by atoms with Crippen LogP contribution < -0.4 is 10.1 Å². The minimum absolute atomic E-state index is 0.0895. The van der Waals surface area contributed by atoms with Crippen molar-refractivity contribution in [2.24, 2.45) is 0 Å². The van der Waals surface area contributed by atoms with Crippen LogP contribution in [0.1, 0.15) is 16.7 Å². The smallest absolute Gasteiger partial charge is 0.230 e. The van der Waals surface area contributed by atoms with E-state index in [-0.39, 0.29) is 11.7 Å². The number of carbonyl (C=O) groups excluding carboxylic acids is 1. The van der Waals surface area contributed by atoms with E-state index in [0.717, 1.165) is 28.1 Å². The molecule has 0 aliphatic carbocycles. The van der Waals surface area contributed by atoms with Gasteiger partial charge >= 0.3 is 0 Å². The molecule has 2 heterocycles. The largest absolute Gasteiger partial charge is 0.489 e. The van der Waals surface area contributed by atoms with Crippen molar-refractivity contribution in [1.82, 2.24) is 25.1 Å². The summed E-state index contributed by atoms with van der Waals surface area (Å²) in [5, 5.41) is 12.3. The number of aromatic nitrogens is 4. The van der Waals surface area contributed by atoms with Gasteiger partial charge in [0.15, 0.2) is 5.16 Å². The van der Waals surface area contributed by atoms with Crippen LogP contribution >= 0.6 is 23.4 Å². The summed E-state index contributed by atoms with van der Waals surface area (Å²) in [7, 11) is 0. The van der Waals surface area contributed by atoms with Gasteiger partial charge in [0.1, 0.15) is 18.7 Å². The first-order chi connectivity index (χ1) is 16.1. The van der Waals surface area contributed by atoms with Gasteiger partial charge < -0.3 is 10.1 Å². The summed E-state index contributed by atoms with van der Waals surface area (Å²) in [6.45, 7) is 2.84. The molecule has 0 aliphatic rings. The lowest BCUT2D eigenvalue weighted by molar-refractivity contribution is -0.118. The number of benzene rings is 2. The van der Waals surface area contributed by atoms with Gasteiger partial charge in [-0.15, -0.1) is 10.2 Å². The van der Waals surface area contributed by atoms with E-state index in [1.807, 2.05) is 66.1 Å². The molecule has 0 spiro atoms. The zero-order chi connectivity index (χ0) is 23.0. The Morgan fingerprint density at radius 2 is 2.00 bits per heavy atom. The lowest BCUT2D eigenvalue weighted by Crippen LogP contribution is -2.24. The summed E-state index contributed by atoms with van der Waals surface area (Å²) >= 11 is 7.55. The predicted octanol–water partition coefficient (Wildman–Crippen LogP) is 4.61. The monoisotopic (exact) mass is 479 g/mol. The second kappa shape index (κ2) is 11.0. The van der Waals surface area contributed by atoms with Crippen molar-refractivity contribution >= 4 is 29.3 Å². The molecule has 0 saturated heterocycles. The summed E-state index contributed by atoms with van der Waals surface area (Å²) in [5.41, 5.74) is 3.84. The van der Waals surface area contributed by atoms with E-state index in [2.05, 4.69) is 20.5 Å². The number of carbonyl (C=O) groups is 1. The number of amides is 1. The number of hydrogen-bond acceptors (Lipinski definition) is 6. The van der Waals surface area contributed by atoms with Gasteiger partial charge in [0, 0.05) is 29.5 Å². The third-order valence-corrected chi connectivity index (χ3v) is 6.17. The van der Waals surface area contributed by atoms with Crippen LogP contribution in [0.4, 0.5) is 0 Å². The van der Waals surface area contributed by atoms with Crippen LogP contribution in [0.25, 0.3) is 5.69 Å². The molecule has 4 aromatic rings. The molecule has 2 aromatic heterocycles. The Morgan fingerprint density at radius 1 is 1.15 bits per heavy atom. The van der Waals surface area contributed by atoms with Gasteiger partial charge in [-0.1, -0.05) is 47.6 Å². The molecule has 0 radical (unpaired) electrons. The van der Waals surface area contributed by atoms with E-state index < -0.39 is 0 Å². The Kier molecular flexibility index (Phi) is 7.59. The zero-order valence-corrected chi connectivity index (χ0v) is 19.5.